The molecule has 0 amide bonds. The molecule has 388 valence electrons. The quantitative estimate of drug-likeness (QED) is 0.0252. The van der Waals surface area contributed by atoms with E-state index in [1.54, 1.807) is 0 Å². The summed E-state index contributed by atoms with van der Waals surface area (Å²) in [5, 5.41) is 0. The summed E-state index contributed by atoms with van der Waals surface area (Å²) in [6.45, 7) is 25.4. The van der Waals surface area contributed by atoms with Crippen molar-refractivity contribution in [1.82, 2.24) is 0 Å². The molecule has 0 aliphatic rings. The third-order valence-electron chi connectivity index (χ3n) is 12.8. The average Bonchev–Trinajstić information content (AvgIpc) is 3.21. The van der Waals surface area contributed by atoms with Crippen LogP contribution in [0.25, 0.3) is 0 Å². The van der Waals surface area contributed by atoms with Crippen molar-refractivity contribution < 1.29 is 97.5 Å². The standard InChI is InChI=1S/3C16H35O4P.Nd/c3*1-5-8-10-11-12-14(4)16(20-21(17,18)19)15(7-3)13-9-6-2;/h3*14-16H,5-13H2,1-4H3,(H2,17,18,19);. The fourth-order valence-electron chi connectivity index (χ4n) is 8.81. The van der Waals surface area contributed by atoms with E-state index in [9.17, 15) is 43.1 Å². The Morgan fingerprint density at radius 1 is 0.328 bits per heavy atom. The van der Waals surface area contributed by atoms with Crippen molar-refractivity contribution in [2.45, 2.75) is 275 Å². The van der Waals surface area contributed by atoms with E-state index in [2.05, 4.69) is 83.1 Å². The third-order valence-corrected chi connectivity index (χ3v) is 14.3. The summed E-state index contributed by atoms with van der Waals surface area (Å²) in [7, 11) is -13.3. The smallest absolute Gasteiger partial charge is 0.303 e. The number of phosphoric ester groups is 3. The van der Waals surface area contributed by atoms with Gasteiger partial charge in [-0.25, -0.2) is 13.7 Å². The minimum Gasteiger partial charge on any atom is -0.303 e. The molecule has 0 saturated carbocycles. The van der Waals surface area contributed by atoms with Crippen molar-refractivity contribution in [3.8, 4) is 0 Å². The number of unbranched alkanes of at least 4 members (excludes halogenated alkanes) is 12. The Morgan fingerprint density at radius 3 is 0.688 bits per heavy atom. The SMILES string of the molecule is CCCCCCC(C)C(OP(=O)(O)O)C(CC)CCCC.CCCCCCC(C)C(OP(=O)(O)O)C(CC)CCCC.CCCCCCC(C)C(OP(=O)(O)O)C(CC)CCCC.[Nd]. The molecule has 0 aliphatic heterocycles. The number of hydrogen-bond acceptors (Lipinski definition) is 6. The van der Waals surface area contributed by atoms with Crippen molar-refractivity contribution in [3.05, 3.63) is 0 Å². The van der Waals surface area contributed by atoms with Gasteiger partial charge in [-0.1, -0.05) is 218 Å². The molecule has 16 heteroatoms. The molecule has 0 aromatic rings. The van der Waals surface area contributed by atoms with Crippen LogP contribution in [0.15, 0.2) is 0 Å². The van der Waals surface area contributed by atoms with Crippen LogP contribution in [0.4, 0.5) is 0 Å². The number of hydrogen-bond donors (Lipinski definition) is 6. The fraction of sp³-hybridized carbons (Fsp3) is 1.00. The van der Waals surface area contributed by atoms with Gasteiger partial charge >= 0.3 is 23.5 Å². The second-order valence-electron chi connectivity index (χ2n) is 18.6. The molecule has 0 heterocycles. The van der Waals surface area contributed by atoms with Gasteiger partial charge in [0.1, 0.15) is 0 Å². The third kappa shape index (κ3) is 42.6. The average molecular weight is 1110 g/mol. The monoisotopic (exact) mass is 1110 g/mol. The number of phosphoric acid groups is 3. The number of rotatable bonds is 39. The Hall–Kier alpha value is 1.68. The van der Waals surface area contributed by atoms with E-state index in [1.807, 2.05) is 0 Å². The van der Waals surface area contributed by atoms with Crippen LogP contribution in [-0.2, 0) is 27.3 Å². The van der Waals surface area contributed by atoms with Gasteiger partial charge in [-0.15, -0.1) is 0 Å². The summed E-state index contributed by atoms with van der Waals surface area (Å²) < 4.78 is 49.4. The second kappa shape index (κ2) is 44.6. The van der Waals surface area contributed by atoms with Crippen LogP contribution in [0.3, 0.4) is 0 Å². The van der Waals surface area contributed by atoms with Crippen LogP contribution in [-0.4, -0.2) is 47.7 Å². The molecule has 12 nitrogen and oxygen atoms in total. The summed E-state index contributed by atoms with van der Waals surface area (Å²) in [4.78, 5) is 55.2. The summed E-state index contributed by atoms with van der Waals surface area (Å²) >= 11 is 0. The van der Waals surface area contributed by atoms with E-state index in [0.29, 0.717) is 0 Å². The summed E-state index contributed by atoms with van der Waals surface area (Å²) in [5.41, 5.74) is 0. The van der Waals surface area contributed by atoms with Crippen LogP contribution < -0.4 is 0 Å². The van der Waals surface area contributed by atoms with Crippen LogP contribution >= 0.6 is 23.5 Å². The Balaban J connectivity index is -0.000000419. The predicted molar refractivity (Wildman–Crippen MR) is 264 cm³/mol. The molecule has 0 aliphatic carbocycles. The molecular weight excluding hydrogens is 1010 g/mol. The van der Waals surface area contributed by atoms with Gasteiger partial charge in [0.25, 0.3) is 0 Å². The van der Waals surface area contributed by atoms with E-state index < -0.39 is 23.5 Å². The van der Waals surface area contributed by atoms with Gasteiger partial charge < -0.3 is 29.4 Å². The van der Waals surface area contributed by atoms with Crippen molar-refractivity contribution in [2.75, 3.05) is 0 Å². The first kappa shape index (κ1) is 72.2. The minimum atomic E-state index is -4.42. The molecule has 0 saturated heterocycles. The predicted octanol–water partition coefficient (Wildman–Crippen LogP) is 15.9. The molecule has 0 fully saturated rings. The molecule has 0 aromatic heterocycles. The maximum absolute atomic E-state index is 11.3. The van der Waals surface area contributed by atoms with Crippen molar-refractivity contribution in [2.24, 2.45) is 35.5 Å². The fourth-order valence-corrected chi connectivity index (χ4v) is 10.9. The van der Waals surface area contributed by atoms with E-state index in [0.717, 1.165) is 116 Å². The molecule has 0 spiro atoms. The molecule has 0 radical (unpaired) electrons. The first-order valence-corrected chi connectivity index (χ1v) is 30.4. The van der Waals surface area contributed by atoms with Crippen molar-refractivity contribution in [3.63, 3.8) is 0 Å². The zero-order chi connectivity index (χ0) is 48.9. The second-order valence-corrected chi connectivity index (χ2v) is 22.2. The van der Waals surface area contributed by atoms with Crippen molar-refractivity contribution >= 4 is 23.5 Å². The van der Waals surface area contributed by atoms with Gasteiger partial charge in [0.05, 0.1) is 18.3 Å². The topological polar surface area (TPSA) is 200 Å². The molecule has 9 atom stereocenters. The van der Waals surface area contributed by atoms with Gasteiger partial charge in [0.2, 0.25) is 0 Å². The zero-order valence-corrected chi connectivity index (χ0v) is 49.2. The van der Waals surface area contributed by atoms with E-state index in [-0.39, 0.29) is 94.7 Å². The van der Waals surface area contributed by atoms with Crippen LogP contribution in [0, 0.1) is 76.3 Å². The van der Waals surface area contributed by atoms with E-state index in [4.69, 9.17) is 13.6 Å². The first-order valence-electron chi connectivity index (χ1n) is 25.8. The van der Waals surface area contributed by atoms with Gasteiger partial charge in [-0.2, -0.15) is 0 Å². The Morgan fingerprint density at radius 2 is 0.531 bits per heavy atom. The Labute approximate surface area is 428 Å². The minimum absolute atomic E-state index is 0. The van der Waals surface area contributed by atoms with Gasteiger partial charge in [-0.05, 0) is 74.0 Å². The van der Waals surface area contributed by atoms with Gasteiger partial charge in [0.15, 0.2) is 0 Å². The summed E-state index contributed by atoms with van der Waals surface area (Å²) in [6.07, 6.45) is 28.4. The molecule has 0 aromatic carbocycles. The van der Waals surface area contributed by atoms with Gasteiger partial charge in [0, 0.05) is 40.8 Å². The van der Waals surface area contributed by atoms with E-state index >= 15 is 0 Å². The molecule has 9 unspecified atom stereocenters. The maximum Gasteiger partial charge on any atom is 0.469 e. The summed E-state index contributed by atoms with van der Waals surface area (Å²) in [5.74, 6) is 1.28. The largest absolute Gasteiger partial charge is 0.469 e. The Bertz CT molecular complexity index is 1020. The Kier molecular flexibility index (Phi) is 50.3. The molecule has 0 rings (SSSR count). The van der Waals surface area contributed by atoms with Gasteiger partial charge in [-0.3, -0.25) is 13.6 Å². The maximum atomic E-state index is 11.3. The van der Waals surface area contributed by atoms with Crippen molar-refractivity contribution in [1.29, 1.82) is 0 Å². The van der Waals surface area contributed by atoms with E-state index in [1.165, 1.54) is 57.8 Å². The normalized spacial score (nSPS) is 16.4. The molecule has 0 bridgehead atoms. The molecule has 64 heavy (non-hydrogen) atoms. The van der Waals surface area contributed by atoms with Crippen LogP contribution in [0.5, 0.6) is 0 Å². The zero-order valence-electron chi connectivity index (χ0n) is 43.3. The van der Waals surface area contributed by atoms with Crippen LogP contribution in [0.2, 0.25) is 0 Å². The van der Waals surface area contributed by atoms with Crippen LogP contribution in [0.1, 0.15) is 256 Å². The first-order chi connectivity index (χ1) is 29.6. The summed E-state index contributed by atoms with van der Waals surface area (Å²) in [6, 6.07) is 0. The molecule has 6 N–H and O–H groups in total. The molecular formula is C48H105NdO12P3.